The average Bonchev–Trinajstić information content (AvgIpc) is 1.65. The van der Waals surface area contributed by atoms with Gasteiger partial charge in [-0.25, -0.2) is 0 Å². The molecule has 2 aliphatic heterocycles. The molecule has 93 heavy (non-hydrogen) atoms. The van der Waals surface area contributed by atoms with Crippen molar-refractivity contribution in [3.05, 3.63) is 33.7 Å². The van der Waals surface area contributed by atoms with Crippen LogP contribution in [0.4, 0.5) is 0 Å². The molecule has 2 aromatic rings. The number of aliphatic hydroxyl groups is 4. The number of nitrogens with one attached hydrogen (secondary N) is 8. The number of likely N-dealkylation sites (tertiary alicyclic amines) is 1. The first kappa shape index (κ1) is 78.8. The summed E-state index contributed by atoms with van der Waals surface area (Å²) in [7, 11) is 1.46. The molecular formula is C58H94N14O19S2. The highest BCUT2D eigenvalue weighted by Crippen LogP contribution is 2.40. The van der Waals surface area contributed by atoms with E-state index in [4.69, 9.17) is 40.7 Å². The summed E-state index contributed by atoms with van der Waals surface area (Å²) in [5.41, 5.74) is 20.4. The van der Waals surface area contributed by atoms with Crippen molar-refractivity contribution in [1.82, 2.24) is 47.1 Å². The van der Waals surface area contributed by atoms with E-state index in [1.54, 1.807) is 28.8 Å². The molecule has 1 unspecified atom stereocenters. The Morgan fingerprint density at radius 3 is 2.18 bits per heavy atom. The molecule has 9 amide bonds. The number of piperidine rings is 1. The zero-order chi connectivity index (χ0) is 68.4. The highest BCUT2D eigenvalue weighted by Gasteiger charge is 2.38. The van der Waals surface area contributed by atoms with Gasteiger partial charge in [0.1, 0.15) is 23.6 Å². The number of methoxy groups -OCH3 is 1. The molecule has 3 heterocycles. The number of nitrogens with two attached hydrogens (primary N) is 2. The molecule has 2 aliphatic rings. The van der Waals surface area contributed by atoms with Gasteiger partial charge in [0.2, 0.25) is 58.2 Å². The molecule has 1 aromatic carbocycles. The summed E-state index contributed by atoms with van der Waals surface area (Å²) in [6, 6.07) is -1.86. The first-order chi connectivity index (χ1) is 44.6. The molecule has 0 bridgehead atoms. The molecule has 1 saturated heterocycles. The minimum Gasteiger partial charge on any atom is -0.610 e. The van der Waals surface area contributed by atoms with E-state index in [1.807, 2.05) is 13.8 Å². The first-order valence-corrected chi connectivity index (χ1v) is 33.3. The predicted octanol–water partition coefficient (Wildman–Crippen LogP) is -3.09. The van der Waals surface area contributed by atoms with E-state index in [2.05, 4.69) is 52.2 Å². The van der Waals surface area contributed by atoms with E-state index in [1.165, 1.54) is 14.0 Å². The van der Waals surface area contributed by atoms with Crippen LogP contribution in [0.25, 0.3) is 21.3 Å². The maximum absolute atomic E-state index is 15.3. The van der Waals surface area contributed by atoms with Gasteiger partial charge in [-0.2, -0.15) is 11.8 Å². The number of β-amino-alcohol motifs (C(OH)–C–C–N with tert-alkyl or cyclic N) is 1. The van der Waals surface area contributed by atoms with E-state index in [-0.39, 0.29) is 73.4 Å². The van der Waals surface area contributed by atoms with Crippen LogP contribution in [0.3, 0.4) is 0 Å². The van der Waals surface area contributed by atoms with Gasteiger partial charge in [-0.3, -0.25) is 43.2 Å². The van der Waals surface area contributed by atoms with Gasteiger partial charge in [0.05, 0.1) is 123 Å². The second kappa shape index (κ2) is 42.7. The van der Waals surface area contributed by atoms with Gasteiger partial charge in [-0.05, 0) is 42.8 Å². The lowest BCUT2D eigenvalue weighted by Gasteiger charge is -2.32. The van der Waals surface area contributed by atoms with Crippen LogP contribution >= 0.6 is 11.8 Å². The zero-order valence-electron chi connectivity index (χ0n) is 53.2. The molecule has 33 nitrogen and oxygen atoms in total. The number of aromatic amines is 1. The van der Waals surface area contributed by atoms with Crippen LogP contribution in [0.5, 0.6) is 5.75 Å². The Labute approximate surface area is 546 Å². The highest BCUT2D eigenvalue weighted by atomic mass is 32.2. The van der Waals surface area contributed by atoms with Gasteiger partial charge in [0.25, 0.3) is 0 Å². The second-order valence-corrected chi connectivity index (χ2v) is 25.1. The normalized spacial score (nSPS) is 21.1. The molecule has 4 rings (SSSR count). The maximum atomic E-state index is 15.3. The zero-order valence-corrected chi connectivity index (χ0v) is 54.8. The fourth-order valence-corrected chi connectivity index (χ4v) is 12.9. The standard InChI is InChI=1S/C58H94N14O19S2/c1-5-34(2)39(8-12-62-48(79)26-59)54(82)65-29-49(80)67-43-33-93(86)58-51(36(30-73)27-63-57(85)52(35(3)44(76)31-74)69-47(78)24-37(75)28-64-55(83)42(25-46(60)77)68-56(43)84)40-6-7-45(87-4)41(53(40)70-58)32-92-38-9-14-72(15-10-38)50(81)11-16-88-18-20-90-22-23-91-21-19-89-17-13-66-71-61/h6-7,34-39,42-44,52,70,73-76H,5,8-33,59H2,1-4H3,(H2,60,77)(H,62,79)(H,63,85)(H,64,83)(H,65,82)(H,67,80)(H,68,84)(H,69,78)/t34-,35-,36-,37+,39-,42-,43+,44-,52-,93?/m0/s1. The average molecular weight is 1360 g/mol. The molecule has 16 N–H and O–H groups in total. The Hall–Kier alpha value is -6.60. The van der Waals surface area contributed by atoms with Crippen molar-refractivity contribution in [3.8, 4) is 5.75 Å². The minimum absolute atomic E-state index is 0.0534. The number of aliphatic hydroxyl groups excluding tert-OH is 4. The Bertz CT molecular complexity index is 2790. The van der Waals surface area contributed by atoms with Crippen LogP contribution in [0.15, 0.2) is 22.3 Å². The lowest BCUT2D eigenvalue weighted by molar-refractivity contribution is -0.134. The van der Waals surface area contributed by atoms with Gasteiger partial charge in [0, 0.05) is 101 Å². The highest BCUT2D eigenvalue weighted by molar-refractivity contribution is 7.99. The molecule has 1 fully saturated rings. The van der Waals surface area contributed by atoms with Crippen molar-refractivity contribution in [1.29, 1.82) is 0 Å². The Kier molecular flexibility index (Phi) is 36.2. The smallest absolute Gasteiger partial charge is 0.248 e. The summed E-state index contributed by atoms with van der Waals surface area (Å²) >= 11 is -0.842. The molecular weight excluding hydrogens is 1260 g/mol. The fourth-order valence-electron chi connectivity index (χ4n) is 10.2. The third-order valence-corrected chi connectivity index (χ3v) is 18.6. The van der Waals surface area contributed by atoms with Crippen molar-refractivity contribution in [2.75, 3.05) is 131 Å². The number of azide groups is 1. The number of aromatic nitrogens is 1. The number of thioether (sulfide) groups is 1. The van der Waals surface area contributed by atoms with Crippen molar-refractivity contribution >= 4 is 87.0 Å². The third-order valence-electron chi connectivity index (χ3n) is 15.8. The largest absolute Gasteiger partial charge is 0.610 e. The van der Waals surface area contributed by atoms with Gasteiger partial charge < -0.3 is 107 Å². The number of ether oxygens (including phenoxy) is 5. The number of rotatable bonds is 35. The number of nitrogens with zero attached hydrogens (tertiary/aromatic N) is 4. The summed E-state index contributed by atoms with van der Waals surface area (Å²) in [4.78, 5) is 129. The molecule has 0 saturated carbocycles. The van der Waals surface area contributed by atoms with Crippen LogP contribution in [0.1, 0.15) is 82.8 Å². The number of amides is 9. The number of hydrogen-bond donors (Lipinski definition) is 14. The van der Waals surface area contributed by atoms with E-state index in [0.29, 0.717) is 100.0 Å². The lowest BCUT2D eigenvalue weighted by Crippen LogP contribution is -2.58. The van der Waals surface area contributed by atoms with Crippen LogP contribution in [0.2, 0.25) is 0 Å². The number of carbonyl (C=O) groups excluding carboxylic acids is 9. The monoisotopic (exact) mass is 1350 g/mol. The predicted molar refractivity (Wildman–Crippen MR) is 340 cm³/mol. The first-order valence-electron chi connectivity index (χ1n) is 31.0. The van der Waals surface area contributed by atoms with Gasteiger partial charge in [0.15, 0.2) is 6.04 Å². The van der Waals surface area contributed by atoms with Crippen LogP contribution in [-0.4, -0.2) is 255 Å². The number of benzene rings is 1. The van der Waals surface area contributed by atoms with Crippen LogP contribution in [0, 0.1) is 17.8 Å². The summed E-state index contributed by atoms with van der Waals surface area (Å²) in [6.45, 7) is 5.35. The van der Waals surface area contributed by atoms with Crippen molar-refractivity contribution in [3.63, 3.8) is 0 Å². The Morgan fingerprint density at radius 2 is 1.57 bits per heavy atom. The number of fused-ring (bicyclic) bond motifs is 3. The van der Waals surface area contributed by atoms with E-state index in [0.717, 1.165) is 0 Å². The number of primary amides is 1. The van der Waals surface area contributed by atoms with E-state index < -0.39 is 158 Å². The molecule has 10 atom stereocenters. The molecule has 0 spiro atoms. The summed E-state index contributed by atoms with van der Waals surface area (Å²) in [6.07, 6.45) is -2.54. The summed E-state index contributed by atoms with van der Waals surface area (Å²) < 4.78 is 43.1. The Balaban J connectivity index is 1.65. The Morgan fingerprint density at radius 1 is 0.914 bits per heavy atom. The second-order valence-electron chi connectivity index (χ2n) is 22.4. The quantitative estimate of drug-likeness (QED) is 0.0107. The third kappa shape index (κ3) is 26.6. The van der Waals surface area contributed by atoms with Crippen LogP contribution in [-0.2, 0) is 79.0 Å². The van der Waals surface area contributed by atoms with Crippen LogP contribution < -0.4 is 53.4 Å². The molecule has 522 valence electrons. The number of carbonyl (C=O) groups is 9. The molecule has 0 aliphatic carbocycles. The van der Waals surface area contributed by atoms with E-state index >= 15 is 4.55 Å². The van der Waals surface area contributed by atoms with Crippen molar-refractivity contribution in [2.45, 2.75) is 118 Å². The summed E-state index contributed by atoms with van der Waals surface area (Å²) in [5, 5.41) is 64.0. The van der Waals surface area contributed by atoms with Gasteiger partial charge in [-0.1, -0.05) is 32.3 Å². The maximum Gasteiger partial charge on any atom is 0.248 e. The van der Waals surface area contributed by atoms with Gasteiger partial charge in [-0.15, -0.1) is 0 Å². The summed E-state index contributed by atoms with van der Waals surface area (Å²) in [5.74, 6) is -10.4. The number of hydrogen-bond acceptors (Lipinski definition) is 22. The van der Waals surface area contributed by atoms with Crippen molar-refractivity contribution < 1.29 is 91.8 Å². The van der Waals surface area contributed by atoms with Crippen molar-refractivity contribution in [2.24, 2.45) is 34.3 Å². The fraction of sp³-hybridized carbons (Fsp3) is 0.707. The number of H-pyrrole nitrogens is 1. The van der Waals surface area contributed by atoms with E-state index in [9.17, 15) is 63.6 Å². The minimum atomic E-state index is -2.42. The SMILES string of the molecule is CC[C@H](C)[C@H](CCNC(=O)CN)C(=O)NCC(=O)N[C@@H]1C[S+]([O-])c2[nH]c3c(CSC4CCN(C(=O)CCOCCOCCOCCOCCN=[N+]=[N-])CC4)c(OC)ccc3c2[C@H](CO)CNC(=O)[C@H]([C@@H](C)[C@@H](O)CO)NC(=O)C[C@@H](O)CNC(=O)[C@H](CC(N)=O)NC1=O. The molecule has 35 heteroatoms. The topological polar surface area (TPSA) is 508 Å². The molecule has 0 radical (unpaired) electrons. The van der Waals surface area contributed by atoms with Gasteiger partial charge >= 0.3 is 0 Å². The lowest BCUT2D eigenvalue weighted by atomic mass is 9.88. The molecule has 1 aromatic heterocycles.